The van der Waals surface area contributed by atoms with Gasteiger partial charge in [0, 0.05) is 17.1 Å². The molecule has 0 atom stereocenters. The molecule has 1 amide bonds. The van der Waals surface area contributed by atoms with Crippen LogP contribution in [0.2, 0.25) is 5.02 Å². The molecule has 0 radical (unpaired) electrons. The van der Waals surface area contributed by atoms with Crippen LogP contribution in [0.5, 0.6) is 11.5 Å². The number of sulfonamides is 1. The van der Waals surface area contributed by atoms with Crippen LogP contribution in [-0.4, -0.2) is 34.1 Å². The van der Waals surface area contributed by atoms with Crippen LogP contribution in [0.25, 0.3) is 0 Å². The zero-order chi connectivity index (χ0) is 24.6. The summed E-state index contributed by atoms with van der Waals surface area (Å²) in [5.41, 5.74) is 1.13. The molecule has 0 fully saturated rings. The molecule has 0 aliphatic carbocycles. The van der Waals surface area contributed by atoms with Gasteiger partial charge in [-0.25, -0.2) is 8.42 Å². The fraction of sp³-hybridized carbons (Fsp3) is 0.240. The van der Waals surface area contributed by atoms with Gasteiger partial charge in [0.2, 0.25) is 5.91 Å². The summed E-state index contributed by atoms with van der Waals surface area (Å²) in [6.07, 6.45) is 0. The molecule has 180 valence electrons. The molecule has 9 heteroatoms. The van der Waals surface area contributed by atoms with E-state index in [1.807, 2.05) is 38.1 Å². The van der Waals surface area contributed by atoms with Gasteiger partial charge < -0.3 is 14.8 Å². The number of ether oxygens (including phenoxy) is 2. The minimum atomic E-state index is -4.04. The summed E-state index contributed by atoms with van der Waals surface area (Å²) < 4.78 is 39.0. The summed E-state index contributed by atoms with van der Waals surface area (Å²) >= 11 is 5.93. The fourth-order valence-electron chi connectivity index (χ4n) is 3.25. The highest BCUT2D eigenvalue weighted by atomic mass is 35.5. The highest BCUT2D eigenvalue weighted by Gasteiger charge is 2.27. The van der Waals surface area contributed by atoms with Gasteiger partial charge >= 0.3 is 0 Å². The van der Waals surface area contributed by atoms with E-state index in [4.69, 9.17) is 21.1 Å². The number of carbonyl (C=O) groups excluding carboxylic acids is 1. The number of hydrogen-bond acceptors (Lipinski definition) is 5. The molecule has 3 aromatic rings. The van der Waals surface area contributed by atoms with E-state index < -0.39 is 22.5 Å². The predicted octanol–water partition coefficient (Wildman–Crippen LogP) is 4.65. The highest BCUT2D eigenvalue weighted by molar-refractivity contribution is 7.92. The van der Waals surface area contributed by atoms with Crippen LogP contribution in [0.15, 0.2) is 77.7 Å². The minimum absolute atomic E-state index is 0.0280. The van der Waals surface area contributed by atoms with E-state index in [1.165, 1.54) is 24.3 Å². The van der Waals surface area contributed by atoms with E-state index in [0.717, 1.165) is 9.87 Å². The zero-order valence-electron chi connectivity index (χ0n) is 19.0. The third kappa shape index (κ3) is 6.42. The quantitative estimate of drug-likeness (QED) is 0.412. The Hall–Kier alpha value is -3.23. The van der Waals surface area contributed by atoms with E-state index in [0.29, 0.717) is 35.4 Å². The average Bonchev–Trinajstić information content (AvgIpc) is 2.83. The fourth-order valence-corrected chi connectivity index (χ4v) is 4.80. The van der Waals surface area contributed by atoms with Crippen molar-refractivity contribution in [1.82, 2.24) is 5.32 Å². The summed E-state index contributed by atoms with van der Waals surface area (Å²) in [7, 11) is -4.04. The smallest absolute Gasteiger partial charge is 0.264 e. The number of hydrogen-bond donors (Lipinski definition) is 1. The van der Waals surface area contributed by atoms with Crippen molar-refractivity contribution in [2.45, 2.75) is 25.3 Å². The maximum atomic E-state index is 13.5. The van der Waals surface area contributed by atoms with Gasteiger partial charge in [-0.1, -0.05) is 29.8 Å². The molecule has 34 heavy (non-hydrogen) atoms. The molecule has 7 nitrogen and oxygen atoms in total. The lowest BCUT2D eigenvalue weighted by Crippen LogP contribution is -2.40. The monoisotopic (exact) mass is 502 g/mol. The molecular formula is C25H27ClN2O5S. The Balaban J connectivity index is 1.85. The molecule has 0 spiro atoms. The molecule has 0 aliphatic rings. The van der Waals surface area contributed by atoms with Gasteiger partial charge in [0.05, 0.1) is 23.8 Å². The Morgan fingerprint density at radius 3 is 2.21 bits per heavy atom. The first kappa shape index (κ1) is 25.4. The number of halogens is 1. The van der Waals surface area contributed by atoms with Crippen molar-refractivity contribution in [1.29, 1.82) is 0 Å². The van der Waals surface area contributed by atoms with Crippen molar-refractivity contribution in [2.24, 2.45) is 0 Å². The molecule has 0 aliphatic heterocycles. The van der Waals surface area contributed by atoms with Crippen molar-refractivity contribution in [3.8, 4) is 11.5 Å². The van der Waals surface area contributed by atoms with Gasteiger partial charge in [-0.2, -0.15) is 0 Å². The molecule has 0 saturated carbocycles. The second-order valence-electron chi connectivity index (χ2n) is 7.21. The summed E-state index contributed by atoms with van der Waals surface area (Å²) in [4.78, 5) is 12.9. The molecule has 0 unspecified atom stereocenters. The van der Waals surface area contributed by atoms with Crippen LogP contribution < -0.4 is 19.1 Å². The third-order valence-electron chi connectivity index (χ3n) is 4.87. The zero-order valence-corrected chi connectivity index (χ0v) is 20.6. The SMILES string of the molecule is CCOc1ccc(N(CC(=O)NCc2ccccc2OCC)S(=O)(=O)c2ccc(Cl)cc2)cc1. The second kappa shape index (κ2) is 11.8. The lowest BCUT2D eigenvalue weighted by atomic mass is 10.2. The van der Waals surface area contributed by atoms with Crippen LogP contribution in [0.3, 0.4) is 0 Å². The van der Waals surface area contributed by atoms with E-state index in [1.54, 1.807) is 24.3 Å². The topological polar surface area (TPSA) is 84.9 Å². The maximum absolute atomic E-state index is 13.5. The number of nitrogens with one attached hydrogen (secondary N) is 1. The van der Waals surface area contributed by atoms with Gasteiger partial charge in [-0.05, 0) is 68.4 Å². The molecule has 3 rings (SSSR count). The highest BCUT2D eigenvalue weighted by Crippen LogP contribution is 2.27. The average molecular weight is 503 g/mol. The van der Waals surface area contributed by atoms with E-state index >= 15 is 0 Å². The van der Waals surface area contributed by atoms with Gasteiger partial charge in [-0.15, -0.1) is 0 Å². The number of rotatable bonds is 11. The first-order valence-corrected chi connectivity index (χ1v) is 12.7. The Labute approximate surface area is 205 Å². The van der Waals surface area contributed by atoms with Crippen LogP contribution in [0.4, 0.5) is 5.69 Å². The molecule has 3 aromatic carbocycles. The maximum Gasteiger partial charge on any atom is 0.264 e. The van der Waals surface area contributed by atoms with Crippen molar-refractivity contribution < 1.29 is 22.7 Å². The molecule has 0 aromatic heterocycles. The number of amides is 1. The van der Waals surface area contributed by atoms with Crippen molar-refractivity contribution in [3.05, 3.63) is 83.4 Å². The molecular weight excluding hydrogens is 476 g/mol. The van der Waals surface area contributed by atoms with E-state index in [9.17, 15) is 13.2 Å². The lowest BCUT2D eigenvalue weighted by Gasteiger charge is -2.24. The number of para-hydroxylation sites is 1. The normalized spacial score (nSPS) is 11.0. The van der Waals surface area contributed by atoms with Crippen LogP contribution in [-0.2, 0) is 21.4 Å². The van der Waals surface area contributed by atoms with Crippen LogP contribution >= 0.6 is 11.6 Å². The Morgan fingerprint density at radius 2 is 1.56 bits per heavy atom. The number of carbonyl (C=O) groups is 1. The first-order valence-electron chi connectivity index (χ1n) is 10.8. The van der Waals surface area contributed by atoms with Gasteiger partial charge in [0.15, 0.2) is 0 Å². The number of benzene rings is 3. The van der Waals surface area contributed by atoms with E-state index in [2.05, 4.69) is 5.32 Å². The van der Waals surface area contributed by atoms with Gasteiger partial charge in [0.25, 0.3) is 10.0 Å². The van der Waals surface area contributed by atoms with Gasteiger partial charge in [-0.3, -0.25) is 9.10 Å². The Bertz CT molecular complexity index is 1200. The summed E-state index contributed by atoms with van der Waals surface area (Å²) in [5, 5.41) is 3.21. The standard InChI is InChI=1S/C25H27ClN2O5S/c1-3-32-22-13-11-21(12-14-22)28(34(30,31)23-15-9-20(26)10-16-23)18-25(29)27-17-19-7-5-6-8-24(19)33-4-2/h5-16H,3-4,17-18H2,1-2H3,(H,27,29). The predicted molar refractivity (Wildman–Crippen MR) is 133 cm³/mol. The Morgan fingerprint density at radius 1 is 0.912 bits per heavy atom. The summed E-state index contributed by atoms with van der Waals surface area (Å²) in [6.45, 7) is 4.52. The van der Waals surface area contributed by atoms with Crippen molar-refractivity contribution in [3.63, 3.8) is 0 Å². The Kier molecular flexibility index (Phi) is 8.79. The van der Waals surface area contributed by atoms with Crippen molar-refractivity contribution in [2.75, 3.05) is 24.1 Å². The number of nitrogens with zero attached hydrogens (tertiary/aromatic N) is 1. The molecule has 0 saturated heterocycles. The van der Waals surface area contributed by atoms with Gasteiger partial charge in [0.1, 0.15) is 18.0 Å². The lowest BCUT2D eigenvalue weighted by molar-refractivity contribution is -0.119. The largest absolute Gasteiger partial charge is 0.494 e. The summed E-state index contributed by atoms with van der Waals surface area (Å²) in [5.74, 6) is 0.812. The minimum Gasteiger partial charge on any atom is -0.494 e. The van der Waals surface area contributed by atoms with Crippen LogP contribution in [0.1, 0.15) is 19.4 Å². The van der Waals surface area contributed by atoms with Crippen molar-refractivity contribution >= 4 is 33.2 Å². The first-order chi connectivity index (χ1) is 16.3. The number of anilines is 1. The summed E-state index contributed by atoms with van der Waals surface area (Å²) in [6, 6.07) is 19.7. The van der Waals surface area contributed by atoms with Crippen LogP contribution in [0, 0.1) is 0 Å². The molecule has 0 bridgehead atoms. The molecule has 1 N–H and O–H groups in total. The third-order valence-corrected chi connectivity index (χ3v) is 6.91. The second-order valence-corrected chi connectivity index (χ2v) is 9.51. The molecule has 0 heterocycles. The van der Waals surface area contributed by atoms with E-state index in [-0.39, 0.29) is 11.4 Å².